The van der Waals surface area contributed by atoms with E-state index in [0.717, 1.165) is 0 Å². The SMILES string of the molecule is CCO[Si](CCNS(=O)(=O)C(=O)c1ccccc1)(OCC)OCC. The molecule has 9 heteroatoms. The third-order valence-corrected chi connectivity index (χ3v) is 7.43. The second kappa shape index (κ2) is 10.0. The first-order valence-electron chi connectivity index (χ1n) is 7.91. The van der Waals surface area contributed by atoms with Crippen molar-refractivity contribution < 1.29 is 26.5 Å². The summed E-state index contributed by atoms with van der Waals surface area (Å²) >= 11 is 0. The summed E-state index contributed by atoms with van der Waals surface area (Å²) in [6.07, 6.45) is 0. The van der Waals surface area contributed by atoms with E-state index in [1.165, 1.54) is 12.1 Å². The van der Waals surface area contributed by atoms with E-state index in [1.54, 1.807) is 18.2 Å². The molecule has 0 aliphatic heterocycles. The summed E-state index contributed by atoms with van der Waals surface area (Å²) in [4.78, 5) is 12.1. The number of sulfonamides is 1. The quantitative estimate of drug-likeness (QED) is 0.593. The molecular weight excluding hydrogens is 350 g/mol. The molecule has 1 aromatic carbocycles. The molecule has 7 nitrogen and oxygen atoms in total. The molecule has 0 spiro atoms. The van der Waals surface area contributed by atoms with E-state index < -0.39 is 23.9 Å². The molecule has 0 fully saturated rings. The molecule has 1 N–H and O–H groups in total. The van der Waals surface area contributed by atoms with Gasteiger partial charge in [0.05, 0.1) is 0 Å². The standard InChI is InChI=1S/C15H25NO6SSi/c1-4-20-24(21-5-2,22-6-3)13-12-16-23(18,19)15(17)14-10-8-7-9-11-14/h7-11,16H,4-6,12-13H2,1-3H3. The van der Waals surface area contributed by atoms with Crippen molar-refractivity contribution in [2.75, 3.05) is 26.4 Å². The van der Waals surface area contributed by atoms with Gasteiger partial charge in [-0.15, -0.1) is 0 Å². The van der Waals surface area contributed by atoms with Crippen molar-refractivity contribution in [2.24, 2.45) is 0 Å². The lowest BCUT2D eigenvalue weighted by Crippen LogP contribution is -2.48. The van der Waals surface area contributed by atoms with Crippen LogP contribution in [-0.2, 0) is 23.3 Å². The zero-order valence-electron chi connectivity index (χ0n) is 14.3. The maximum absolute atomic E-state index is 12.1. The largest absolute Gasteiger partial charge is 0.502 e. The molecule has 0 radical (unpaired) electrons. The first kappa shape index (κ1) is 20.9. The van der Waals surface area contributed by atoms with Crippen LogP contribution in [0.2, 0.25) is 6.04 Å². The highest BCUT2D eigenvalue weighted by atomic mass is 32.2. The van der Waals surface area contributed by atoms with Crippen LogP contribution in [0.3, 0.4) is 0 Å². The summed E-state index contributed by atoms with van der Waals surface area (Å²) in [6.45, 7) is 6.69. The number of benzene rings is 1. The number of nitrogens with one attached hydrogen (secondary N) is 1. The zero-order chi connectivity index (χ0) is 18.1. The Labute approximate surface area is 144 Å². The van der Waals surface area contributed by atoms with Gasteiger partial charge in [0, 0.05) is 38.0 Å². The molecule has 0 saturated carbocycles. The Kier molecular flexibility index (Phi) is 8.74. The van der Waals surface area contributed by atoms with Gasteiger partial charge in [-0.3, -0.25) is 4.79 Å². The van der Waals surface area contributed by atoms with E-state index in [4.69, 9.17) is 13.3 Å². The minimum atomic E-state index is -4.11. The Bertz CT molecular complexity index is 591. The topological polar surface area (TPSA) is 90.9 Å². The third-order valence-electron chi connectivity index (χ3n) is 3.07. The first-order valence-corrected chi connectivity index (χ1v) is 11.3. The number of carbonyl (C=O) groups is 1. The number of rotatable bonds is 11. The van der Waals surface area contributed by atoms with E-state index in [1.807, 2.05) is 20.8 Å². The predicted molar refractivity (Wildman–Crippen MR) is 93.1 cm³/mol. The summed E-state index contributed by atoms with van der Waals surface area (Å²) in [6, 6.07) is 8.11. The summed E-state index contributed by atoms with van der Waals surface area (Å²) in [5.41, 5.74) is 0.118. The lowest BCUT2D eigenvalue weighted by atomic mass is 10.2. The number of hydrogen-bond acceptors (Lipinski definition) is 6. The minimum Gasteiger partial charge on any atom is -0.374 e. The molecule has 1 aromatic rings. The maximum atomic E-state index is 12.1. The average Bonchev–Trinajstić information content (AvgIpc) is 2.55. The molecule has 136 valence electrons. The van der Waals surface area contributed by atoms with Crippen LogP contribution in [0, 0.1) is 0 Å². The van der Waals surface area contributed by atoms with Gasteiger partial charge in [-0.25, -0.2) is 13.1 Å². The molecule has 24 heavy (non-hydrogen) atoms. The van der Waals surface area contributed by atoms with Crippen LogP contribution in [0.4, 0.5) is 0 Å². The first-order chi connectivity index (χ1) is 11.4. The van der Waals surface area contributed by atoms with Crippen molar-refractivity contribution in [3.63, 3.8) is 0 Å². The smallest absolute Gasteiger partial charge is 0.374 e. The maximum Gasteiger partial charge on any atom is 0.502 e. The lowest BCUT2D eigenvalue weighted by Gasteiger charge is -2.28. The Morgan fingerprint density at radius 1 is 1.00 bits per heavy atom. The predicted octanol–water partition coefficient (Wildman–Crippen LogP) is 1.79. The van der Waals surface area contributed by atoms with E-state index in [-0.39, 0.29) is 18.2 Å². The molecule has 0 aromatic heterocycles. The fraction of sp³-hybridized carbons (Fsp3) is 0.533. The number of carbonyl (C=O) groups excluding carboxylic acids is 1. The van der Waals surface area contributed by atoms with Crippen LogP contribution in [0.25, 0.3) is 0 Å². The Balaban J connectivity index is 2.73. The monoisotopic (exact) mass is 375 g/mol. The van der Waals surface area contributed by atoms with E-state index >= 15 is 0 Å². The van der Waals surface area contributed by atoms with Gasteiger partial charge >= 0.3 is 8.80 Å². The van der Waals surface area contributed by atoms with Crippen LogP contribution in [0.1, 0.15) is 31.1 Å². The molecule has 0 atom stereocenters. The van der Waals surface area contributed by atoms with Gasteiger partial charge in [0.25, 0.3) is 15.1 Å². The van der Waals surface area contributed by atoms with Gasteiger partial charge in [0.1, 0.15) is 0 Å². The molecule has 0 unspecified atom stereocenters. The second-order valence-electron chi connectivity index (χ2n) is 4.78. The molecule has 1 rings (SSSR count). The molecule has 0 aliphatic rings. The molecule has 0 amide bonds. The fourth-order valence-electron chi connectivity index (χ4n) is 2.13. The van der Waals surface area contributed by atoms with Crippen molar-refractivity contribution in [3.8, 4) is 0 Å². The second-order valence-corrected chi connectivity index (χ2v) is 9.18. The highest BCUT2D eigenvalue weighted by Crippen LogP contribution is 2.15. The van der Waals surface area contributed by atoms with Crippen molar-refractivity contribution in [2.45, 2.75) is 26.8 Å². The van der Waals surface area contributed by atoms with Crippen LogP contribution in [0.15, 0.2) is 30.3 Å². The highest BCUT2D eigenvalue weighted by Gasteiger charge is 2.40. The molecule has 0 aliphatic carbocycles. The summed E-state index contributed by atoms with van der Waals surface area (Å²) in [5, 5.41) is -0.959. The van der Waals surface area contributed by atoms with Crippen molar-refractivity contribution in [1.29, 1.82) is 0 Å². The average molecular weight is 376 g/mol. The summed E-state index contributed by atoms with van der Waals surface area (Å²) in [5.74, 6) is 0. The van der Waals surface area contributed by atoms with Crippen molar-refractivity contribution in [1.82, 2.24) is 4.72 Å². The molecule has 0 saturated heterocycles. The fourth-order valence-corrected chi connectivity index (χ4v) is 5.70. The van der Waals surface area contributed by atoms with Gasteiger partial charge in [-0.2, -0.15) is 0 Å². The van der Waals surface area contributed by atoms with Gasteiger partial charge in [-0.05, 0) is 20.8 Å². The third kappa shape index (κ3) is 6.08. The summed E-state index contributed by atoms with van der Waals surface area (Å²) in [7, 11) is -7.06. The van der Waals surface area contributed by atoms with E-state index in [9.17, 15) is 13.2 Å². The zero-order valence-corrected chi connectivity index (χ0v) is 16.1. The van der Waals surface area contributed by atoms with E-state index in [0.29, 0.717) is 19.8 Å². The number of hydrogen-bond donors (Lipinski definition) is 1. The Morgan fingerprint density at radius 3 is 1.96 bits per heavy atom. The van der Waals surface area contributed by atoms with Crippen molar-refractivity contribution >= 4 is 23.9 Å². The van der Waals surface area contributed by atoms with Gasteiger partial charge in [-0.1, -0.05) is 30.3 Å². The van der Waals surface area contributed by atoms with Gasteiger partial charge in [0.15, 0.2) is 0 Å². The van der Waals surface area contributed by atoms with Crippen LogP contribution in [-0.4, -0.2) is 48.7 Å². The summed E-state index contributed by atoms with van der Waals surface area (Å²) < 4.78 is 43.5. The Hall–Kier alpha value is -1.10. The molecular formula is C15H25NO6SSi. The Morgan fingerprint density at radius 2 is 1.50 bits per heavy atom. The van der Waals surface area contributed by atoms with Crippen LogP contribution < -0.4 is 4.72 Å². The highest BCUT2D eigenvalue weighted by molar-refractivity contribution is 8.04. The normalized spacial score (nSPS) is 12.3. The molecule has 0 bridgehead atoms. The van der Waals surface area contributed by atoms with Crippen molar-refractivity contribution in [3.05, 3.63) is 35.9 Å². The lowest BCUT2D eigenvalue weighted by molar-refractivity contribution is 0.0717. The van der Waals surface area contributed by atoms with Crippen LogP contribution >= 0.6 is 0 Å². The van der Waals surface area contributed by atoms with Gasteiger partial charge in [0.2, 0.25) is 0 Å². The van der Waals surface area contributed by atoms with E-state index in [2.05, 4.69) is 4.72 Å². The molecule has 0 heterocycles. The minimum absolute atomic E-state index is 0.00707. The van der Waals surface area contributed by atoms with Gasteiger partial charge < -0.3 is 13.3 Å². The van der Waals surface area contributed by atoms with Crippen LogP contribution in [0.5, 0.6) is 0 Å².